The number of halogens is 1. The average molecular weight is 290 g/mol. The molecule has 0 bridgehead atoms. The smallest absolute Gasteiger partial charge is 0.210 e. The molecule has 6 heteroatoms. The lowest BCUT2D eigenvalue weighted by Crippen LogP contribution is -2.43. The summed E-state index contributed by atoms with van der Waals surface area (Å²) in [5.41, 5.74) is 3.97. The van der Waals surface area contributed by atoms with Crippen LogP contribution in [0.3, 0.4) is 0 Å². The van der Waals surface area contributed by atoms with Gasteiger partial charge in [-0.1, -0.05) is 36.7 Å². The highest BCUT2D eigenvalue weighted by molar-refractivity contribution is 7.99. The molecule has 0 radical (unpaired) electrons. The van der Waals surface area contributed by atoms with Crippen LogP contribution in [0.15, 0.2) is 29.4 Å². The number of fused-ring (bicyclic) bond motifs is 2. The first kappa shape index (κ1) is 12.2. The lowest BCUT2D eigenvalue weighted by atomic mass is 9.95. The minimum absolute atomic E-state index is 0.264. The number of aromatic nitrogens is 3. The van der Waals surface area contributed by atoms with Crippen LogP contribution >= 0.6 is 11.8 Å². The Labute approximate surface area is 120 Å². The fraction of sp³-hybridized carbons (Fsp3) is 0.429. The van der Waals surface area contributed by atoms with Gasteiger partial charge in [-0.2, -0.15) is 0 Å². The molecule has 1 fully saturated rings. The Hall–Kier alpha value is -1.56. The van der Waals surface area contributed by atoms with Crippen molar-refractivity contribution in [2.75, 3.05) is 5.43 Å². The van der Waals surface area contributed by atoms with Crippen molar-refractivity contribution >= 4 is 11.8 Å². The van der Waals surface area contributed by atoms with E-state index in [1.54, 1.807) is 23.9 Å². The molecule has 0 amide bonds. The molecule has 1 aliphatic heterocycles. The van der Waals surface area contributed by atoms with E-state index in [-0.39, 0.29) is 5.82 Å². The summed E-state index contributed by atoms with van der Waals surface area (Å²) in [7, 11) is 0. The first-order valence-corrected chi connectivity index (χ1v) is 7.84. The van der Waals surface area contributed by atoms with Crippen LogP contribution in [0.2, 0.25) is 0 Å². The summed E-state index contributed by atoms with van der Waals surface area (Å²) in [6.07, 6.45) is 4.90. The molecule has 104 valence electrons. The second-order valence-corrected chi connectivity index (χ2v) is 6.50. The number of nitrogens with one attached hydrogen (secondary N) is 1. The molecule has 1 N–H and O–H groups in total. The predicted molar refractivity (Wildman–Crippen MR) is 76.7 cm³/mol. The van der Waals surface area contributed by atoms with E-state index in [9.17, 15) is 4.39 Å². The van der Waals surface area contributed by atoms with Gasteiger partial charge in [0.25, 0.3) is 0 Å². The van der Waals surface area contributed by atoms with E-state index >= 15 is 0 Å². The van der Waals surface area contributed by atoms with E-state index in [1.165, 1.54) is 25.3 Å². The highest BCUT2D eigenvalue weighted by atomic mass is 32.2. The van der Waals surface area contributed by atoms with Gasteiger partial charge in [0.05, 0.1) is 11.6 Å². The lowest BCUT2D eigenvalue weighted by molar-refractivity contribution is 0.432. The van der Waals surface area contributed by atoms with Crippen molar-refractivity contribution in [3.8, 4) is 11.4 Å². The van der Waals surface area contributed by atoms with Gasteiger partial charge in [-0.05, 0) is 25.0 Å². The van der Waals surface area contributed by atoms with Gasteiger partial charge in [-0.3, -0.25) is 0 Å². The van der Waals surface area contributed by atoms with Crippen molar-refractivity contribution in [2.24, 2.45) is 0 Å². The second-order valence-electron chi connectivity index (χ2n) is 5.30. The fourth-order valence-corrected chi connectivity index (χ4v) is 4.22. The van der Waals surface area contributed by atoms with Crippen LogP contribution in [-0.4, -0.2) is 26.2 Å². The third kappa shape index (κ3) is 1.90. The topological polar surface area (TPSA) is 42.7 Å². The first-order valence-electron chi connectivity index (χ1n) is 6.96. The summed E-state index contributed by atoms with van der Waals surface area (Å²) < 4.78 is 15.8. The zero-order chi connectivity index (χ0) is 13.5. The Kier molecular flexibility index (Phi) is 2.91. The summed E-state index contributed by atoms with van der Waals surface area (Å²) in [5, 5.41) is 9.79. The number of thioether (sulfide) groups is 1. The van der Waals surface area contributed by atoms with E-state index < -0.39 is 0 Å². The number of nitrogens with zero attached hydrogens (tertiary/aromatic N) is 3. The molecular formula is C14H15FN4S. The van der Waals surface area contributed by atoms with Gasteiger partial charge in [-0.15, -0.1) is 10.2 Å². The van der Waals surface area contributed by atoms with Crippen LogP contribution in [0.1, 0.15) is 25.7 Å². The van der Waals surface area contributed by atoms with Crippen molar-refractivity contribution in [3.05, 3.63) is 30.1 Å². The summed E-state index contributed by atoms with van der Waals surface area (Å²) in [5.74, 6) is 0.301. The lowest BCUT2D eigenvalue weighted by Gasteiger charge is -2.36. The first-order chi connectivity index (χ1) is 9.83. The third-order valence-electron chi connectivity index (χ3n) is 4.00. The Balaban J connectivity index is 1.75. The summed E-state index contributed by atoms with van der Waals surface area (Å²) in [6.45, 7) is 0. The SMILES string of the molecule is Fc1ccccc1-c1nnc2n1NC1CCCCC1S2. The highest BCUT2D eigenvalue weighted by Crippen LogP contribution is 2.38. The Bertz CT molecular complexity index is 642. The number of benzene rings is 1. The quantitative estimate of drug-likeness (QED) is 0.876. The Morgan fingerprint density at radius 3 is 2.95 bits per heavy atom. The van der Waals surface area contributed by atoms with Gasteiger partial charge in [0.2, 0.25) is 5.16 Å². The molecule has 2 aromatic rings. The van der Waals surface area contributed by atoms with Gasteiger partial charge in [0.15, 0.2) is 5.82 Å². The predicted octanol–water partition coefficient (Wildman–Crippen LogP) is 3.04. The molecule has 1 aromatic heterocycles. The molecule has 2 heterocycles. The molecule has 1 saturated carbocycles. The molecule has 20 heavy (non-hydrogen) atoms. The van der Waals surface area contributed by atoms with Crippen LogP contribution in [0.5, 0.6) is 0 Å². The average Bonchev–Trinajstić information content (AvgIpc) is 2.88. The summed E-state index contributed by atoms with van der Waals surface area (Å²) in [6, 6.07) is 7.13. The summed E-state index contributed by atoms with van der Waals surface area (Å²) >= 11 is 1.77. The zero-order valence-electron chi connectivity index (χ0n) is 10.9. The van der Waals surface area contributed by atoms with Gasteiger partial charge >= 0.3 is 0 Å². The van der Waals surface area contributed by atoms with Crippen LogP contribution in [-0.2, 0) is 0 Å². The maximum Gasteiger partial charge on any atom is 0.210 e. The van der Waals surface area contributed by atoms with Crippen molar-refractivity contribution in [1.82, 2.24) is 14.9 Å². The fourth-order valence-electron chi connectivity index (χ4n) is 2.97. The molecule has 0 saturated heterocycles. The Morgan fingerprint density at radius 1 is 1.20 bits per heavy atom. The van der Waals surface area contributed by atoms with E-state index in [1.807, 2.05) is 10.7 Å². The standard InChI is InChI=1S/C14H15FN4S/c15-10-6-2-1-5-9(10)13-16-17-14-19(13)18-11-7-3-4-8-12(11)20-14/h1-2,5-6,11-12,18H,3-4,7-8H2. The van der Waals surface area contributed by atoms with Gasteiger partial charge in [-0.25, -0.2) is 9.07 Å². The van der Waals surface area contributed by atoms with Gasteiger partial charge in [0.1, 0.15) is 5.82 Å². The largest absolute Gasteiger partial charge is 0.318 e. The van der Waals surface area contributed by atoms with Gasteiger partial charge in [0, 0.05) is 5.25 Å². The number of rotatable bonds is 1. The Morgan fingerprint density at radius 2 is 2.05 bits per heavy atom. The number of hydrogen-bond donors (Lipinski definition) is 1. The molecule has 1 aliphatic carbocycles. The molecule has 1 aromatic carbocycles. The van der Waals surface area contributed by atoms with Crippen molar-refractivity contribution in [2.45, 2.75) is 42.1 Å². The zero-order valence-corrected chi connectivity index (χ0v) is 11.7. The normalized spacial score (nSPS) is 24.6. The van der Waals surface area contributed by atoms with Crippen molar-refractivity contribution in [3.63, 3.8) is 0 Å². The highest BCUT2D eigenvalue weighted by Gasteiger charge is 2.34. The maximum absolute atomic E-state index is 13.9. The molecule has 4 rings (SSSR count). The van der Waals surface area contributed by atoms with Crippen LogP contribution < -0.4 is 5.43 Å². The number of hydrogen-bond acceptors (Lipinski definition) is 4. The minimum atomic E-state index is -0.264. The minimum Gasteiger partial charge on any atom is -0.318 e. The van der Waals surface area contributed by atoms with Crippen molar-refractivity contribution < 1.29 is 4.39 Å². The van der Waals surface area contributed by atoms with Crippen LogP contribution in [0, 0.1) is 5.82 Å². The molecule has 4 nitrogen and oxygen atoms in total. The van der Waals surface area contributed by atoms with E-state index in [2.05, 4.69) is 15.6 Å². The third-order valence-corrected chi connectivity index (χ3v) is 5.34. The van der Waals surface area contributed by atoms with E-state index in [0.29, 0.717) is 22.7 Å². The molecular weight excluding hydrogens is 275 g/mol. The molecule has 2 unspecified atom stereocenters. The maximum atomic E-state index is 13.9. The van der Waals surface area contributed by atoms with Crippen LogP contribution in [0.4, 0.5) is 4.39 Å². The van der Waals surface area contributed by atoms with E-state index in [4.69, 9.17) is 0 Å². The molecule has 0 spiro atoms. The van der Waals surface area contributed by atoms with E-state index in [0.717, 1.165) is 11.6 Å². The monoisotopic (exact) mass is 290 g/mol. The second kappa shape index (κ2) is 4.77. The van der Waals surface area contributed by atoms with Crippen LogP contribution in [0.25, 0.3) is 11.4 Å². The van der Waals surface area contributed by atoms with Gasteiger partial charge < -0.3 is 5.43 Å². The molecule has 2 atom stereocenters. The molecule has 2 aliphatic rings. The van der Waals surface area contributed by atoms with Crippen molar-refractivity contribution in [1.29, 1.82) is 0 Å². The summed E-state index contributed by atoms with van der Waals surface area (Å²) in [4.78, 5) is 0.